The second kappa shape index (κ2) is 7.75. The first-order chi connectivity index (χ1) is 12.4. The van der Waals surface area contributed by atoms with E-state index < -0.39 is 9.84 Å². The molecule has 7 heteroatoms. The lowest BCUT2D eigenvalue weighted by Gasteiger charge is -2.29. The summed E-state index contributed by atoms with van der Waals surface area (Å²) in [5.74, 6) is 0.553. The molecule has 1 fully saturated rings. The number of sulfone groups is 1. The van der Waals surface area contributed by atoms with E-state index in [0.717, 1.165) is 31.4 Å². The topological polar surface area (TPSA) is 92.1 Å². The number of nitrogens with zero attached hydrogens (tertiary/aromatic N) is 2. The summed E-state index contributed by atoms with van der Waals surface area (Å²) in [6.07, 6.45) is 6.62. The molecule has 0 aliphatic heterocycles. The average Bonchev–Trinajstić information content (AvgIpc) is 2.64. The Bertz CT molecular complexity index is 879. The third kappa shape index (κ3) is 4.73. The molecule has 0 atom stereocenters. The number of nitrogens with one attached hydrogen (secondary N) is 1. The number of rotatable bonds is 5. The van der Waals surface area contributed by atoms with E-state index in [-0.39, 0.29) is 6.10 Å². The predicted molar refractivity (Wildman–Crippen MR) is 98.8 cm³/mol. The highest BCUT2D eigenvalue weighted by Gasteiger charge is 2.22. The van der Waals surface area contributed by atoms with Crippen molar-refractivity contribution in [1.82, 2.24) is 4.98 Å². The van der Waals surface area contributed by atoms with Gasteiger partial charge in [-0.3, -0.25) is 0 Å². The number of ether oxygens (including phenoxy) is 1. The maximum Gasteiger partial charge on any atom is 0.213 e. The number of benzene rings is 1. The minimum Gasteiger partial charge on any atom is -0.474 e. The summed E-state index contributed by atoms with van der Waals surface area (Å²) < 4.78 is 28.9. The minimum absolute atomic E-state index is 0.126. The van der Waals surface area contributed by atoms with Gasteiger partial charge in [0.25, 0.3) is 0 Å². The molecule has 0 amide bonds. The third-order valence-electron chi connectivity index (χ3n) is 4.48. The van der Waals surface area contributed by atoms with Crippen LogP contribution in [0.1, 0.15) is 31.2 Å². The van der Waals surface area contributed by atoms with E-state index in [1.807, 2.05) is 6.07 Å². The second-order valence-electron chi connectivity index (χ2n) is 6.53. The van der Waals surface area contributed by atoms with Crippen molar-refractivity contribution >= 4 is 15.5 Å². The molecule has 0 saturated heterocycles. The smallest absolute Gasteiger partial charge is 0.213 e. The van der Waals surface area contributed by atoms with Crippen LogP contribution in [0.5, 0.6) is 5.88 Å². The van der Waals surface area contributed by atoms with Crippen LogP contribution in [0.15, 0.2) is 47.5 Å². The van der Waals surface area contributed by atoms with Crippen LogP contribution in [0.2, 0.25) is 0 Å². The molecule has 0 bridgehead atoms. The van der Waals surface area contributed by atoms with Gasteiger partial charge in [-0.1, -0.05) is 0 Å². The summed E-state index contributed by atoms with van der Waals surface area (Å²) in [6, 6.07) is 12.7. The van der Waals surface area contributed by atoms with Gasteiger partial charge in [-0.25, -0.2) is 13.4 Å². The van der Waals surface area contributed by atoms with Gasteiger partial charge in [0.05, 0.1) is 10.5 Å². The quantitative estimate of drug-likeness (QED) is 0.868. The Labute approximate surface area is 153 Å². The molecule has 6 nitrogen and oxygen atoms in total. The first-order valence-corrected chi connectivity index (χ1v) is 10.4. The molecule has 1 aliphatic carbocycles. The molecule has 0 unspecified atom stereocenters. The fraction of sp³-hybridized carbons (Fsp3) is 0.368. The van der Waals surface area contributed by atoms with Crippen molar-refractivity contribution in [3.8, 4) is 11.9 Å². The van der Waals surface area contributed by atoms with Gasteiger partial charge in [-0.15, -0.1) is 0 Å². The summed E-state index contributed by atoms with van der Waals surface area (Å²) in [4.78, 5) is 4.48. The molecule has 1 N–H and O–H groups in total. The van der Waals surface area contributed by atoms with Gasteiger partial charge < -0.3 is 10.1 Å². The van der Waals surface area contributed by atoms with Gasteiger partial charge in [0.1, 0.15) is 12.2 Å². The maximum absolute atomic E-state index is 11.5. The Morgan fingerprint density at radius 1 is 1.12 bits per heavy atom. The predicted octanol–water partition coefficient (Wildman–Crippen LogP) is 3.16. The molecule has 1 heterocycles. The summed E-state index contributed by atoms with van der Waals surface area (Å²) in [7, 11) is -3.16. The van der Waals surface area contributed by atoms with Crippen LogP contribution in [0.4, 0.5) is 5.69 Å². The lowest BCUT2D eigenvalue weighted by Crippen LogP contribution is -2.31. The van der Waals surface area contributed by atoms with Crippen molar-refractivity contribution in [3.05, 3.63) is 48.2 Å². The Morgan fingerprint density at radius 2 is 1.81 bits per heavy atom. The van der Waals surface area contributed by atoms with E-state index in [1.54, 1.807) is 36.4 Å². The van der Waals surface area contributed by atoms with Gasteiger partial charge in [0.15, 0.2) is 9.84 Å². The molecule has 136 valence electrons. The Hall–Kier alpha value is -2.59. The zero-order valence-electron chi connectivity index (χ0n) is 14.6. The normalized spacial score (nSPS) is 20.2. The van der Waals surface area contributed by atoms with Crippen molar-refractivity contribution in [2.24, 2.45) is 0 Å². The molecule has 1 aromatic carbocycles. The van der Waals surface area contributed by atoms with E-state index in [9.17, 15) is 8.42 Å². The molecule has 26 heavy (non-hydrogen) atoms. The minimum atomic E-state index is -3.16. The molecule has 0 spiro atoms. The van der Waals surface area contributed by atoms with Gasteiger partial charge >= 0.3 is 0 Å². The highest BCUT2D eigenvalue weighted by molar-refractivity contribution is 7.90. The number of hydrogen-bond acceptors (Lipinski definition) is 6. The van der Waals surface area contributed by atoms with E-state index in [1.165, 1.54) is 12.5 Å². The number of anilines is 1. The zero-order valence-corrected chi connectivity index (χ0v) is 15.4. The number of hydrogen-bond donors (Lipinski definition) is 1. The van der Waals surface area contributed by atoms with E-state index in [2.05, 4.69) is 10.3 Å². The fourth-order valence-corrected chi connectivity index (χ4v) is 3.68. The fourth-order valence-electron chi connectivity index (χ4n) is 3.05. The van der Waals surface area contributed by atoms with Gasteiger partial charge in [0, 0.05) is 30.2 Å². The van der Waals surface area contributed by atoms with E-state index >= 15 is 0 Å². The van der Waals surface area contributed by atoms with Crippen LogP contribution in [0.25, 0.3) is 0 Å². The lowest BCUT2D eigenvalue weighted by molar-refractivity contribution is 0.144. The Balaban J connectivity index is 1.49. The Kier molecular flexibility index (Phi) is 5.43. The highest BCUT2D eigenvalue weighted by Crippen LogP contribution is 2.26. The summed E-state index contributed by atoms with van der Waals surface area (Å²) in [5, 5.41) is 12.2. The first-order valence-electron chi connectivity index (χ1n) is 8.53. The van der Waals surface area contributed by atoms with Gasteiger partial charge in [0.2, 0.25) is 5.88 Å². The molecule has 3 rings (SSSR count). The summed E-state index contributed by atoms with van der Waals surface area (Å²) in [5.41, 5.74) is 1.45. The van der Waals surface area contributed by atoms with Crippen LogP contribution < -0.4 is 10.1 Å². The summed E-state index contributed by atoms with van der Waals surface area (Å²) >= 11 is 0. The molecule has 1 aromatic heterocycles. The van der Waals surface area contributed by atoms with Crippen molar-refractivity contribution < 1.29 is 13.2 Å². The zero-order chi connectivity index (χ0) is 18.6. The van der Waals surface area contributed by atoms with Crippen molar-refractivity contribution in [3.63, 3.8) is 0 Å². The highest BCUT2D eigenvalue weighted by atomic mass is 32.2. The number of nitriles is 1. The molecule has 1 saturated carbocycles. The van der Waals surface area contributed by atoms with E-state index in [4.69, 9.17) is 10.00 Å². The van der Waals surface area contributed by atoms with Crippen molar-refractivity contribution in [2.45, 2.75) is 42.7 Å². The lowest BCUT2D eigenvalue weighted by atomic mass is 9.93. The van der Waals surface area contributed by atoms with Crippen molar-refractivity contribution in [2.75, 3.05) is 11.6 Å². The van der Waals surface area contributed by atoms with Crippen molar-refractivity contribution in [1.29, 1.82) is 5.26 Å². The maximum atomic E-state index is 11.5. The van der Waals surface area contributed by atoms with Crippen LogP contribution in [0, 0.1) is 11.3 Å². The SMILES string of the molecule is CS(=O)(=O)c1ccc(NC2CCC(Oc3ccc(C#N)cn3)CC2)cc1. The average molecular weight is 371 g/mol. The molecular weight excluding hydrogens is 350 g/mol. The largest absolute Gasteiger partial charge is 0.474 e. The molecule has 0 radical (unpaired) electrons. The van der Waals surface area contributed by atoms with Crippen LogP contribution in [-0.2, 0) is 9.84 Å². The van der Waals surface area contributed by atoms with E-state index in [0.29, 0.717) is 22.4 Å². The second-order valence-corrected chi connectivity index (χ2v) is 8.55. The number of pyridine rings is 1. The van der Waals surface area contributed by atoms with Crippen LogP contribution in [0.3, 0.4) is 0 Å². The molecule has 1 aliphatic rings. The Morgan fingerprint density at radius 3 is 2.35 bits per heavy atom. The molecule has 2 aromatic rings. The monoisotopic (exact) mass is 371 g/mol. The van der Waals surface area contributed by atoms with Crippen LogP contribution in [-0.4, -0.2) is 31.8 Å². The molecular formula is C19H21N3O3S. The van der Waals surface area contributed by atoms with Crippen LogP contribution >= 0.6 is 0 Å². The summed E-state index contributed by atoms with van der Waals surface area (Å²) in [6.45, 7) is 0. The number of aromatic nitrogens is 1. The van der Waals surface area contributed by atoms with Gasteiger partial charge in [-0.05, 0) is 56.0 Å². The first kappa shape index (κ1) is 18.2. The third-order valence-corrected chi connectivity index (χ3v) is 5.61. The van der Waals surface area contributed by atoms with Gasteiger partial charge in [-0.2, -0.15) is 5.26 Å². The standard InChI is InChI=1S/C19H21N3O3S/c1-26(23,24)18-9-5-16(6-10-18)22-15-3-7-17(8-4-15)25-19-11-2-14(12-20)13-21-19/h2,5-6,9-11,13,15,17,22H,3-4,7-8H2,1H3.